The minimum atomic E-state index is -0.0981. The van der Waals surface area contributed by atoms with Crippen LogP contribution in [0.2, 0.25) is 0 Å². The Morgan fingerprint density at radius 2 is 2.33 bits per heavy atom. The molecule has 8 heteroatoms. The normalized spacial score (nSPS) is 14.1. The molecule has 0 spiro atoms. The van der Waals surface area contributed by atoms with Gasteiger partial charge in [-0.3, -0.25) is 4.79 Å². The van der Waals surface area contributed by atoms with Crippen LogP contribution in [0.5, 0.6) is 0 Å². The molecule has 0 atom stereocenters. The zero-order valence-electron chi connectivity index (χ0n) is 11.6. The standard InChI is InChI=1S/C13H16N6OS/c1-8-2-3-9(14)6-11(8)15-12(20)7-21-13-16-17-18-19(13)10-4-5-10/h2-3,6,10H,4-5,7,14H2,1H3,(H,15,20). The Balaban J connectivity index is 1.59. The number of nitrogens with one attached hydrogen (secondary N) is 1. The number of benzene rings is 1. The van der Waals surface area contributed by atoms with Gasteiger partial charge in [-0.05, 0) is 47.9 Å². The van der Waals surface area contributed by atoms with E-state index in [4.69, 9.17) is 5.73 Å². The minimum Gasteiger partial charge on any atom is -0.399 e. The van der Waals surface area contributed by atoms with Crippen LogP contribution >= 0.6 is 11.8 Å². The number of carbonyl (C=O) groups is 1. The van der Waals surface area contributed by atoms with Gasteiger partial charge in [0, 0.05) is 11.4 Å². The molecule has 110 valence electrons. The Kier molecular flexibility index (Phi) is 3.78. The van der Waals surface area contributed by atoms with E-state index < -0.39 is 0 Å². The number of rotatable bonds is 5. The van der Waals surface area contributed by atoms with Gasteiger partial charge in [0.15, 0.2) is 0 Å². The Labute approximate surface area is 126 Å². The number of anilines is 2. The molecular formula is C13H16N6OS. The van der Waals surface area contributed by atoms with Crippen LogP contribution in [0.4, 0.5) is 11.4 Å². The smallest absolute Gasteiger partial charge is 0.234 e. The molecule has 3 N–H and O–H groups in total. The fourth-order valence-corrected chi connectivity index (χ4v) is 2.66. The predicted octanol–water partition coefficient (Wildman–Crippen LogP) is 1.63. The summed E-state index contributed by atoms with van der Waals surface area (Å²) in [6.45, 7) is 1.93. The van der Waals surface area contributed by atoms with Crippen molar-refractivity contribution in [1.82, 2.24) is 20.2 Å². The molecule has 0 unspecified atom stereocenters. The molecule has 1 saturated carbocycles. The van der Waals surface area contributed by atoms with Gasteiger partial charge in [-0.25, -0.2) is 4.68 Å². The fourth-order valence-electron chi connectivity index (χ4n) is 1.92. The summed E-state index contributed by atoms with van der Waals surface area (Å²) in [5, 5.41) is 15.1. The molecule has 2 aromatic rings. The van der Waals surface area contributed by atoms with Crippen molar-refractivity contribution in [3.8, 4) is 0 Å². The van der Waals surface area contributed by atoms with Crippen LogP contribution < -0.4 is 11.1 Å². The average molecular weight is 304 g/mol. The second-order valence-corrected chi connectivity index (χ2v) is 5.99. The summed E-state index contributed by atoms with van der Waals surface area (Å²) in [6, 6.07) is 5.85. The van der Waals surface area contributed by atoms with Crippen LogP contribution in [-0.4, -0.2) is 31.9 Å². The minimum absolute atomic E-state index is 0.0981. The first-order valence-corrected chi connectivity index (χ1v) is 7.68. The number of tetrazole rings is 1. The SMILES string of the molecule is Cc1ccc(N)cc1NC(=O)CSc1nnnn1C1CC1. The van der Waals surface area contributed by atoms with E-state index in [1.165, 1.54) is 11.8 Å². The van der Waals surface area contributed by atoms with Crippen LogP contribution in [0.15, 0.2) is 23.4 Å². The van der Waals surface area contributed by atoms with E-state index in [9.17, 15) is 4.79 Å². The summed E-state index contributed by atoms with van der Waals surface area (Å²) >= 11 is 1.34. The van der Waals surface area contributed by atoms with E-state index >= 15 is 0 Å². The van der Waals surface area contributed by atoms with E-state index in [1.54, 1.807) is 10.7 Å². The zero-order valence-corrected chi connectivity index (χ0v) is 12.4. The number of aryl methyl sites for hydroxylation is 1. The molecule has 1 aliphatic rings. The van der Waals surface area contributed by atoms with Gasteiger partial charge < -0.3 is 11.1 Å². The lowest BCUT2D eigenvalue weighted by Gasteiger charge is -2.09. The molecule has 1 fully saturated rings. The number of carbonyl (C=O) groups excluding carboxylic acids is 1. The van der Waals surface area contributed by atoms with Crippen LogP contribution in [0, 0.1) is 6.92 Å². The maximum atomic E-state index is 12.0. The molecule has 0 saturated heterocycles. The molecule has 1 aromatic heterocycles. The Morgan fingerprint density at radius 1 is 1.52 bits per heavy atom. The molecular weight excluding hydrogens is 288 g/mol. The molecule has 1 amide bonds. The Bertz CT molecular complexity index is 666. The molecule has 0 bridgehead atoms. The van der Waals surface area contributed by atoms with Crippen molar-refractivity contribution in [1.29, 1.82) is 0 Å². The summed E-state index contributed by atoms with van der Waals surface area (Å²) < 4.78 is 1.80. The largest absolute Gasteiger partial charge is 0.399 e. The molecule has 0 radical (unpaired) electrons. The van der Waals surface area contributed by atoms with E-state index in [2.05, 4.69) is 20.8 Å². The van der Waals surface area contributed by atoms with E-state index in [1.807, 2.05) is 19.1 Å². The van der Waals surface area contributed by atoms with Gasteiger partial charge in [0.1, 0.15) is 0 Å². The first-order valence-electron chi connectivity index (χ1n) is 6.70. The highest BCUT2D eigenvalue weighted by molar-refractivity contribution is 7.99. The summed E-state index contributed by atoms with van der Waals surface area (Å²) in [4.78, 5) is 12.0. The molecule has 3 rings (SSSR count). The zero-order chi connectivity index (χ0) is 14.8. The first-order chi connectivity index (χ1) is 10.1. The lowest BCUT2D eigenvalue weighted by Crippen LogP contribution is -2.15. The number of thioether (sulfide) groups is 1. The maximum absolute atomic E-state index is 12.0. The van der Waals surface area contributed by atoms with Crippen molar-refractivity contribution in [3.05, 3.63) is 23.8 Å². The lowest BCUT2D eigenvalue weighted by molar-refractivity contribution is -0.113. The molecule has 1 aliphatic carbocycles. The Morgan fingerprint density at radius 3 is 3.10 bits per heavy atom. The van der Waals surface area contributed by atoms with Crippen LogP contribution in [-0.2, 0) is 4.79 Å². The summed E-state index contributed by atoms with van der Waals surface area (Å²) in [5.74, 6) is 0.167. The third-order valence-electron chi connectivity index (χ3n) is 3.22. The van der Waals surface area contributed by atoms with Crippen LogP contribution in [0.1, 0.15) is 24.4 Å². The van der Waals surface area contributed by atoms with Crippen LogP contribution in [0.25, 0.3) is 0 Å². The monoisotopic (exact) mass is 304 g/mol. The van der Waals surface area contributed by atoms with Gasteiger partial charge in [-0.1, -0.05) is 17.8 Å². The number of hydrogen-bond acceptors (Lipinski definition) is 6. The maximum Gasteiger partial charge on any atom is 0.234 e. The van der Waals surface area contributed by atoms with Gasteiger partial charge >= 0.3 is 0 Å². The van der Waals surface area contributed by atoms with Crippen molar-refractivity contribution in [3.63, 3.8) is 0 Å². The average Bonchev–Trinajstić information content (AvgIpc) is 3.19. The van der Waals surface area contributed by atoms with Gasteiger partial charge in [-0.2, -0.15) is 0 Å². The summed E-state index contributed by atoms with van der Waals surface area (Å²) in [6.07, 6.45) is 2.21. The van der Waals surface area contributed by atoms with Crippen molar-refractivity contribution in [2.24, 2.45) is 0 Å². The third kappa shape index (κ3) is 3.33. The van der Waals surface area contributed by atoms with Crippen molar-refractivity contribution in [2.45, 2.75) is 31.0 Å². The number of amides is 1. The third-order valence-corrected chi connectivity index (χ3v) is 4.16. The van der Waals surface area contributed by atoms with Crippen molar-refractivity contribution < 1.29 is 4.79 Å². The molecule has 7 nitrogen and oxygen atoms in total. The van der Waals surface area contributed by atoms with Gasteiger partial charge in [0.25, 0.3) is 0 Å². The van der Waals surface area contributed by atoms with Crippen molar-refractivity contribution in [2.75, 3.05) is 16.8 Å². The number of nitrogens with two attached hydrogens (primary N) is 1. The van der Waals surface area contributed by atoms with Crippen LogP contribution in [0.3, 0.4) is 0 Å². The van der Waals surface area contributed by atoms with E-state index in [-0.39, 0.29) is 11.7 Å². The number of nitrogens with zero attached hydrogens (tertiary/aromatic N) is 4. The topological polar surface area (TPSA) is 98.7 Å². The number of hydrogen-bond donors (Lipinski definition) is 2. The van der Waals surface area contributed by atoms with Gasteiger partial charge in [0.2, 0.25) is 11.1 Å². The molecule has 21 heavy (non-hydrogen) atoms. The highest BCUT2D eigenvalue weighted by Crippen LogP contribution is 2.36. The van der Waals surface area contributed by atoms with Crippen molar-refractivity contribution >= 4 is 29.0 Å². The Hall–Kier alpha value is -2.09. The molecule has 0 aliphatic heterocycles. The van der Waals surface area contributed by atoms with Gasteiger partial charge in [-0.15, -0.1) is 5.10 Å². The number of nitrogen functional groups attached to an aromatic ring is 1. The summed E-state index contributed by atoms with van der Waals surface area (Å²) in [7, 11) is 0. The number of aromatic nitrogens is 4. The van der Waals surface area contributed by atoms with E-state index in [0.717, 1.165) is 24.1 Å². The van der Waals surface area contributed by atoms with Gasteiger partial charge in [0.05, 0.1) is 11.8 Å². The first kappa shape index (κ1) is 13.9. The predicted molar refractivity (Wildman–Crippen MR) is 81.0 cm³/mol. The fraction of sp³-hybridized carbons (Fsp3) is 0.385. The lowest BCUT2D eigenvalue weighted by atomic mass is 10.2. The highest BCUT2D eigenvalue weighted by atomic mass is 32.2. The van der Waals surface area contributed by atoms with E-state index in [0.29, 0.717) is 16.9 Å². The summed E-state index contributed by atoms with van der Waals surface area (Å²) in [5.41, 5.74) is 8.07. The highest BCUT2D eigenvalue weighted by Gasteiger charge is 2.28. The second kappa shape index (κ2) is 5.72. The molecule has 1 aromatic carbocycles. The quantitative estimate of drug-likeness (QED) is 0.643. The molecule has 1 heterocycles. The second-order valence-electron chi connectivity index (χ2n) is 5.05.